The van der Waals surface area contributed by atoms with Gasteiger partial charge in [-0.3, -0.25) is 4.98 Å². The summed E-state index contributed by atoms with van der Waals surface area (Å²) in [6, 6.07) is 2.18. The van der Waals surface area contributed by atoms with Crippen LogP contribution in [0.25, 0.3) is 0 Å². The Kier molecular flexibility index (Phi) is 6.96. The summed E-state index contributed by atoms with van der Waals surface area (Å²) in [6.45, 7) is 12.6. The van der Waals surface area contributed by atoms with Gasteiger partial charge in [0.15, 0.2) is 0 Å². The SMILES string of the molecule is CCCOc1cncc(C(COC(C)(C)C)NCC)c1. The van der Waals surface area contributed by atoms with Gasteiger partial charge in [0.05, 0.1) is 31.1 Å². The van der Waals surface area contributed by atoms with Crippen molar-refractivity contribution in [2.75, 3.05) is 19.8 Å². The molecule has 1 N–H and O–H groups in total. The average molecular weight is 280 g/mol. The third kappa shape index (κ3) is 6.35. The minimum absolute atomic E-state index is 0.136. The van der Waals surface area contributed by atoms with Crippen molar-refractivity contribution in [2.24, 2.45) is 0 Å². The summed E-state index contributed by atoms with van der Waals surface area (Å²) in [5.41, 5.74) is 0.960. The molecule has 4 nitrogen and oxygen atoms in total. The second-order valence-electron chi connectivity index (χ2n) is 5.84. The van der Waals surface area contributed by atoms with Crippen LogP contribution in [0, 0.1) is 0 Å². The number of pyridine rings is 1. The first-order valence-electron chi connectivity index (χ1n) is 7.41. The van der Waals surface area contributed by atoms with Crippen LogP contribution in [-0.4, -0.2) is 30.3 Å². The van der Waals surface area contributed by atoms with Gasteiger partial charge in [-0.15, -0.1) is 0 Å². The van der Waals surface area contributed by atoms with Gasteiger partial charge in [0.1, 0.15) is 5.75 Å². The number of hydrogen-bond acceptors (Lipinski definition) is 4. The van der Waals surface area contributed by atoms with Crippen molar-refractivity contribution in [3.05, 3.63) is 24.0 Å². The largest absolute Gasteiger partial charge is 0.492 e. The summed E-state index contributed by atoms with van der Waals surface area (Å²) in [4.78, 5) is 4.26. The van der Waals surface area contributed by atoms with E-state index < -0.39 is 0 Å². The van der Waals surface area contributed by atoms with Crippen molar-refractivity contribution in [3.8, 4) is 5.75 Å². The van der Waals surface area contributed by atoms with Gasteiger partial charge in [-0.05, 0) is 45.4 Å². The zero-order chi connectivity index (χ0) is 15.0. The molecule has 114 valence electrons. The van der Waals surface area contributed by atoms with Crippen LogP contribution >= 0.6 is 0 Å². The van der Waals surface area contributed by atoms with E-state index in [2.05, 4.69) is 44.9 Å². The van der Waals surface area contributed by atoms with Crippen molar-refractivity contribution in [1.29, 1.82) is 0 Å². The number of nitrogens with zero attached hydrogens (tertiary/aromatic N) is 1. The fourth-order valence-corrected chi connectivity index (χ4v) is 1.78. The Labute approximate surface area is 122 Å². The fraction of sp³-hybridized carbons (Fsp3) is 0.688. The highest BCUT2D eigenvalue weighted by Crippen LogP contribution is 2.20. The average Bonchev–Trinajstić information content (AvgIpc) is 2.40. The van der Waals surface area contributed by atoms with E-state index in [-0.39, 0.29) is 11.6 Å². The fourth-order valence-electron chi connectivity index (χ4n) is 1.78. The van der Waals surface area contributed by atoms with Crippen LogP contribution in [0.15, 0.2) is 18.5 Å². The number of ether oxygens (including phenoxy) is 2. The van der Waals surface area contributed by atoms with E-state index in [1.165, 1.54) is 0 Å². The van der Waals surface area contributed by atoms with Gasteiger partial charge in [0, 0.05) is 6.20 Å². The lowest BCUT2D eigenvalue weighted by Gasteiger charge is -2.25. The van der Waals surface area contributed by atoms with Gasteiger partial charge >= 0.3 is 0 Å². The molecule has 0 aliphatic heterocycles. The molecular formula is C16H28N2O2. The molecule has 1 heterocycles. The normalized spacial score (nSPS) is 13.2. The first kappa shape index (κ1) is 16.9. The van der Waals surface area contributed by atoms with E-state index in [4.69, 9.17) is 9.47 Å². The molecule has 0 amide bonds. The molecule has 0 bridgehead atoms. The van der Waals surface area contributed by atoms with Gasteiger partial charge in [0.25, 0.3) is 0 Å². The molecule has 0 aromatic carbocycles. The van der Waals surface area contributed by atoms with E-state index in [1.807, 2.05) is 12.3 Å². The molecular weight excluding hydrogens is 252 g/mol. The van der Waals surface area contributed by atoms with Crippen LogP contribution in [0.2, 0.25) is 0 Å². The Hall–Kier alpha value is -1.13. The van der Waals surface area contributed by atoms with Crippen LogP contribution in [0.1, 0.15) is 52.6 Å². The molecule has 1 atom stereocenters. The Morgan fingerprint density at radius 1 is 1.25 bits per heavy atom. The monoisotopic (exact) mass is 280 g/mol. The van der Waals surface area contributed by atoms with Crippen molar-refractivity contribution in [3.63, 3.8) is 0 Å². The van der Waals surface area contributed by atoms with Gasteiger partial charge in [-0.2, -0.15) is 0 Å². The first-order chi connectivity index (χ1) is 9.46. The second kappa shape index (κ2) is 8.22. The highest BCUT2D eigenvalue weighted by Gasteiger charge is 2.17. The maximum atomic E-state index is 5.89. The third-order valence-corrected chi connectivity index (χ3v) is 2.74. The van der Waals surface area contributed by atoms with E-state index in [1.54, 1.807) is 6.20 Å². The zero-order valence-electron chi connectivity index (χ0n) is 13.4. The van der Waals surface area contributed by atoms with Crippen LogP contribution in [0.3, 0.4) is 0 Å². The molecule has 0 aliphatic rings. The van der Waals surface area contributed by atoms with E-state index in [9.17, 15) is 0 Å². The number of nitrogens with one attached hydrogen (secondary N) is 1. The minimum Gasteiger partial charge on any atom is -0.492 e. The molecule has 4 heteroatoms. The van der Waals surface area contributed by atoms with E-state index in [0.717, 1.165) is 30.9 Å². The summed E-state index contributed by atoms with van der Waals surface area (Å²) in [7, 11) is 0. The van der Waals surface area contributed by atoms with Crippen molar-refractivity contribution in [2.45, 2.75) is 52.7 Å². The van der Waals surface area contributed by atoms with E-state index >= 15 is 0 Å². The Balaban J connectivity index is 2.74. The third-order valence-electron chi connectivity index (χ3n) is 2.74. The summed E-state index contributed by atoms with van der Waals surface area (Å²) >= 11 is 0. The van der Waals surface area contributed by atoms with Crippen LogP contribution in [-0.2, 0) is 4.74 Å². The molecule has 20 heavy (non-hydrogen) atoms. The van der Waals surface area contributed by atoms with Gasteiger partial charge in [-0.1, -0.05) is 13.8 Å². The Bertz CT molecular complexity index is 388. The summed E-state index contributed by atoms with van der Waals surface area (Å²) in [5.74, 6) is 0.822. The maximum Gasteiger partial charge on any atom is 0.137 e. The Morgan fingerprint density at radius 2 is 2.00 bits per heavy atom. The standard InChI is InChI=1S/C16H28N2O2/c1-6-8-19-14-9-13(10-17-11-14)15(18-7-2)12-20-16(3,4)5/h9-11,15,18H,6-8,12H2,1-5H3. The van der Waals surface area contributed by atoms with E-state index in [0.29, 0.717) is 6.61 Å². The van der Waals surface area contributed by atoms with Crippen LogP contribution in [0.5, 0.6) is 5.75 Å². The zero-order valence-corrected chi connectivity index (χ0v) is 13.4. The summed E-state index contributed by atoms with van der Waals surface area (Å²) in [5, 5.41) is 3.43. The Morgan fingerprint density at radius 3 is 2.60 bits per heavy atom. The second-order valence-corrected chi connectivity index (χ2v) is 5.84. The predicted octanol–water partition coefficient (Wildman–Crippen LogP) is 3.34. The number of rotatable bonds is 8. The lowest BCUT2D eigenvalue weighted by molar-refractivity contribution is -0.0146. The molecule has 1 rings (SSSR count). The number of hydrogen-bond donors (Lipinski definition) is 1. The molecule has 0 aliphatic carbocycles. The van der Waals surface area contributed by atoms with Gasteiger partial charge in [0.2, 0.25) is 0 Å². The lowest BCUT2D eigenvalue weighted by atomic mass is 10.1. The minimum atomic E-state index is -0.141. The molecule has 1 aromatic heterocycles. The van der Waals surface area contributed by atoms with Crippen molar-refractivity contribution >= 4 is 0 Å². The molecule has 0 spiro atoms. The maximum absolute atomic E-state index is 5.89. The molecule has 0 fully saturated rings. The van der Waals surface area contributed by atoms with Gasteiger partial charge in [-0.25, -0.2) is 0 Å². The molecule has 0 saturated heterocycles. The van der Waals surface area contributed by atoms with Crippen molar-refractivity contribution < 1.29 is 9.47 Å². The molecule has 0 saturated carbocycles. The quantitative estimate of drug-likeness (QED) is 0.793. The topological polar surface area (TPSA) is 43.4 Å². The summed E-state index contributed by atoms with van der Waals surface area (Å²) < 4.78 is 11.5. The molecule has 0 radical (unpaired) electrons. The van der Waals surface area contributed by atoms with Crippen LogP contribution < -0.4 is 10.1 Å². The predicted molar refractivity (Wildman–Crippen MR) is 82.1 cm³/mol. The molecule has 1 unspecified atom stereocenters. The van der Waals surface area contributed by atoms with Crippen molar-refractivity contribution in [1.82, 2.24) is 10.3 Å². The smallest absolute Gasteiger partial charge is 0.137 e. The molecule has 1 aromatic rings. The van der Waals surface area contributed by atoms with Gasteiger partial charge < -0.3 is 14.8 Å². The highest BCUT2D eigenvalue weighted by atomic mass is 16.5. The van der Waals surface area contributed by atoms with Crippen LogP contribution in [0.4, 0.5) is 0 Å². The lowest BCUT2D eigenvalue weighted by Crippen LogP contribution is -2.30. The summed E-state index contributed by atoms with van der Waals surface area (Å²) in [6.07, 6.45) is 4.62. The highest BCUT2D eigenvalue weighted by molar-refractivity contribution is 5.26. The first-order valence-corrected chi connectivity index (χ1v) is 7.41. The number of likely N-dealkylation sites (N-methyl/N-ethyl adjacent to an activating group) is 1. The number of aromatic nitrogens is 1.